The number of halogens is 1. The molecule has 2 amide bonds. The first-order valence-corrected chi connectivity index (χ1v) is 11.6. The van der Waals surface area contributed by atoms with E-state index in [1.807, 2.05) is 6.92 Å². The van der Waals surface area contributed by atoms with Crippen LogP contribution in [0.2, 0.25) is 0 Å². The van der Waals surface area contributed by atoms with Gasteiger partial charge in [0.25, 0.3) is 11.5 Å². The summed E-state index contributed by atoms with van der Waals surface area (Å²) in [5, 5.41) is 5.86. The highest BCUT2D eigenvalue weighted by Gasteiger charge is 2.16. The van der Waals surface area contributed by atoms with Gasteiger partial charge in [-0.2, -0.15) is 0 Å². The predicted octanol–water partition coefficient (Wildman–Crippen LogP) is 2.97. The fourth-order valence-electron chi connectivity index (χ4n) is 3.50. The van der Waals surface area contributed by atoms with Crippen LogP contribution in [-0.4, -0.2) is 40.3 Å². The van der Waals surface area contributed by atoms with Crippen molar-refractivity contribution in [1.29, 1.82) is 0 Å². The number of aliphatic imine (C=N–C) groups is 1. The van der Waals surface area contributed by atoms with Crippen molar-refractivity contribution < 1.29 is 9.59 Å². The number of aryl methyl sites for hydroxylation is 1. The Kier molecular flexibility index (Phi) is 10.4. The number of benzene rings is 1. The zero-order valence-electron chi connectivity index (χ0n) is 20.2. The van der Waals surface area contributed by atoms with Crippen molar-refractivity contribution in [3.8, 4) is 0 Å². The van der Waals surface area contributed by atoms with E-state index in [9.17, 15) is 19.2 Å². The zero-order chi connectivity index (χ0) is 26.0. The van der Waals surface area contributed by atoms with E-state index in [-0.39, 0.29) is 30.5 Å². The predicted molar refractivity (Wildman–Crippen MR) is 141 cm³/mol. The van der Waals surface area contributed by atoms with E-state index >= 15 is 0 Å². The monoisotopic (exact) mass is 499 g/mol. The van der Waals surface area contributed by atoms with Gasteiger partial charge in [-0.15, -0.1) is 0 Å². The second-order valence-electron chi connectivity index (χ2n) is 7.64. The number of amides is 2. The number of carbonyl (C=O) groups excluding carboxylic acids is 2. The van der Waals surface area contributed by atoms with Crippen LogP contribution in [0.1, 0.15) is 27.2 Å². The Labute approximate surface area is 208 Å². The first kappa shape index (κ1) is 27.5. The number of nitrogens with one attached hydrogen (secondary N) is 2. The third kappa shape index (κ3) is 7.13. The van der Waals surface area contributed by atoms with E-state index in [2.05, 4.69) is 15.6 Å². The van der Waals surface area contributed by atoms with Gasteiger partial charge < -0.3 is 10.6 Å². The number of hydrogen-bond acceptors (Lipinski definition) is 5. The molecule has 1 aromatic carbocycles. The molecule has 0 radical (unpaired) electrons. The highest BCUT2D eigenvalue weighted by atomic mass is 35.5. The van der Waals surface area contributed by atoms with E-state index in [0.29, 0.717) is 28.7 Å². The van der Waals surface area contributed by atoms with Crippen molar-refractivity contribution in [3.05, 3.63) is 74.4 Å². The summed E-state index contributed by atoms with van der Waals surface area (Å²) in [7, 11) is 1.63. The lowest BCUT2D eigenvalue weighted by atomic mass is 10.1. The van der Waals surface area contributed by atoms with Crippen LogP contribution < -0.4 is 21.9 Å². The van der Waals surface area contributed by atoms with Gasteiger partial charge in [-0.25, -0.2) is 4.79 Å². The summed E-state index contributed by atoms with van der Waals surface area (Å²) in [5.74, 6) is -0.724. The summed E-state index contributed by atoms with van der Waals surface area (Å²) in [6, 6.07) is 4.38. The van der Waals surface area contributed by atoms with Crippen LogP contribution >= 0.6 is 11.6 Å². The molecular weight excluding hydrogens is 470 g/mol. The van der Waals surface area contributed by atoms with Gasteiger partial charge in [0.15, 0.2) is 0 Å². The number of allylic oxidation sites excluding steroid dienone is 3. The van der Waals surface area contributed by atoms with Crippen LogP contribution in [0.25, 0.3) is 10.9 Å². The van der Waals surface area contributed by atoms with Gasteiger partial charge in [0.05, 0.1) is 10.9 Å². The van der Waals surface area contributed by atoms with Gasteiger partial charge in [-0.05, 0) is 57.2 Å². The fourth-order valence-corrected chi connectivity index (χ4v) is 3.64. The Bertz CT molecular complexity index is 1320. The summed E-state index contributed by atoms with van der Waals surface area (Å²) < 4.78 is 2.69. The fraction of sp³-hybridized carbons (Fsp3) is 0.320. The third-order valence-electron chi connectivity index (χ3n) is 5.14. The zero-order valence-corrected chi connectivity index (χ0v) is 21.0. The minimum atomic E-state index is -0.473. The molecule has 1 atom stereocenters. The maximum atomic E-state index is 12.8. The molecule has 1 heterocycles. The molecule has 0 aliphatic heterocycles. The van der Waals surface area contributed by atoms with Crippen LogP contribution in [0.5, 0.6) is 0 Å². The number of fused-ring (bicyclic) bond motifs is 1. The molecule has 186 valence electrons. The Morgan fingerprint density at radius 2 is 1.86 bits per heavy atom. The third-order valence-corrected chi connectivity index (χ3v) is 5.26. The van der Waals surface area contributed by atoms with Crippen molar-refractivity contribution in [2.75, 3.05) is 12.4 Å². The first-order chi connectivity index (χ1) is 16.8. The molecule has 2 N–H and O–H groups in total. The summed E-state index contributed by atoms with van der Waals surface area (Å²) in [6.07, 6.45) is 7.94. The van der Waals surface area contributed by atoms with E-state index in [1.165, 1.54) is 20.7 Å². The van der Waals surface area contributed by atoms with E-state index in [4.69, 9.17) is 11.6 Å². The molecule has 9 nitrogen and oxygen atoms in total. The van der Waals surface area contributed by atoms with Gasteiger partial charge in [-0.3, -0.25) is 28.5 Å². The van der Waals surface area contributed by atoms with Crippen LogP contribution in [0.15, 0.2) is 68.2 Å². The molecule has 0 saturated heterocycles. The smallest absolute Gasteiger partial charge is 0.331 e. The molecule has 2 rings (SSSR count). The van der Waals surface area contributed by atoms with Crippen molar-refractivity contribution in [3.63, 3.8) is 0 Å². The lowest BCUT2D eigenvalue weighted by Gasteiger charge is -2.15. The average Bonchev–Trinajstić information content (AvgIpc) is 2.81. The quantitative estimate of drug-likeness (QED) is 0.297. The standard InChI is InChI=1S/C25H30ClN5O4/c1-5-30-21-11-10-19(16-20(21)24(34)31(6-2)25(30)35)29-22(32)15-17(3)28-23(33)18(12-13-26)9-7-8-14-27-4/h7-14,16-17H,5-6,15H2,1-4H3,(H,28,33)(H,29,32)/b8-7+,13-12+,18-9+,27-14+. The topological polar surface area (TPSA) is 115 Å². The van der Waals surface area contributed by atoms with Gasteiger partial charge in [-0.1, -0.05) is 17.7 Å². The van der Waals surface area contributed by atoms with Crippen molar-refractivity contribution in [1.82, 2.24) is 14.5 Å². The average molecular weight is 500 g/mol. The molecule has 0 aliphatic carbocycles. The normalized spacial score (nSPS) is 13.2. The summed E-state index contributed by atoms with van der Waals surface area (Å²) >= 11 is 5.63. The van der Waals surface area contributed by atoms with Crippen LogP contribution in [0.4, 0.5) is 5.69 Å². The van der Waals surface area contributed by atoms with Crippen molar-refractivity contribution in [2.24, 2.45) is 4.99 Å². The van der Waals surface area contributed by atoms with E-state index in [1.54, 1.807) is 63.5 Å². The van der Waals surface area contributed by atoms with Gasteiger partial charge >= 0.3 is 5.69 Å². The van der Waals surface area contributed by atoms with Crippen LogP contribution in [-0.2, 0) is 22.7 Å². The van der Waals surface area contributed by atoms with Gasteiger partial charge in [0.2, 0.25) is 5.91 Å². The highest BCUT2D eigenvalue weighted by molar-refractivity contribution is 6.26. The van der Waals surface area contributed by atoms with Crippen LogP contribution in [0, 0.1) is 0 Å². The molecule has 0 fully saturated rings. The second-order valence-corrected chi connectivity index (χ2v) is 7.89. The maximum absolute atomic E-state index is 12.8. The maximum Gasteiger partial charge on any atom is 0.331 e. The van der Waals surface area contributed by atoms with Crippen molar-refractivity contribution >= 4 is 46.2 Å². The van der Waals surface area contributed by atoms with E-state index in [0.717, 1.165) is 0 Å². The Hall–Kier alpha value is -3.72. The Balaban J connectivity index is 2.15. The molecule has 1 unspecified atom stereocenters. The molecular formula is C25H30ClN5O4. The minimum absolute atomic E-state index is 0.00757. The largest absolute Gasteiger partial charge is 0.349 e. The van der Waals surface area contributed by atoms with Gasteiger partial charge in [0.1, 0.15) is 0 Å². The Morgan fingerprint density at radius 1 is 1.14 bits per heavy atom. The second kappa shape index (κ2) is 13.2. The summed E-state index contributed by atoms with van der Waals surface area (Å²) in [5.41, 5.74) is 1.72. The summed E-state index contributed by atoms with van der Waals surface area (Å²) in [6.45, 7) is 5.93. The number of nitrogens with zero attached hydrogens (tertiary/aromatic N) is 3. The lowest BCUT2D eigenvalue weighted by Crippen LogP contribution is -2.39. The number of anilines is 1. The summed E-state index contributed by atoms with van der Waals surface area (Å²) in [4.78, 5) is 54.2. The molecule has 0 bridgehead atoms. The molecule has 0 spiro atoms. The number of carbonyl (C=O) groups is 2. The number of rotatable bonds is 10. The van der Waals surface area contributed by atoms with E-state index < -0.39 is 11.6 Å². The number of hydrogen-bond donors (Lipinski definition) is 2. The molecule has 2 aromatic rings. The first-order valence-electron chi connectivity index (χ1n) is 11.2. The number of aromatic nitrogens is 2. The molecule has 1 aromatic heterocycles. The Morgan fingerprint density at radius 3 is 2.49 bits per heavy atom. The molecule has 10 heteroatoms. The highest BCUT2D eigenvalue weighted by Crippen LogP contribution is 2.16. The SMILES string of the molecule is CCn1c(=O)c2cc(NC(=O)CC(C)NC(=O)C(/C=C/Cl)=C/C=C/C=N/C)ccc2n(CC)c1=O. The lowest BCUT2D eigenvalue weighted by molar-refractivity contribution is -0.118. The minimum Gasteiger partial charge on any atom is -0.349 e. The molecule has 35 heavy (non-hydrogen) atoms. The van der Waals surface area contributed by atoms with Crippen molar-refractivity contribution in [2.45, 2.75) is 46.3 Å². The van der Waals surface area contributed by atoms with Crippen LogP contribution in [0.3, 0.4) is 0 Å². The molecule has 0 saturated carbocycles. The van der Waals surface area contributed by atoms with Gasteiger partial charge in [0, 0.05) is 55.6 Å². The molecule has 0 aliphatic rings.